The second kappa shape index (κ2) is 6.02. The van der Waals surface area contributed by atoms with E-state index in [9.17, 15) is 9.59 Å². The summed E-state index contributed by atoms with van der Waals surface area (Å²) < 4.78 is 5.59. The molecule has 0 spiro atoms. The van der Waals surface area contributed by atoms with E-state index in [0.29, 0.717) is 0 Å². The number of carbonyl (C=O) groups is 2. The summed E-state index contributed by atoms with van der Waals surface area (Å²) in [6, 6.07) is 18.9. The van der Waals surface area contributed by atoms with E-state index < -0.39 is 6.10 Å². The van der Waals surface area contributed by atoms with Gasteiger partial charge in [0, 0.05) is 6.92 Å². The van der Waals surface area contributed by atoms with E-state index in [1.54, 1.807) is 4.90 Å². The topological polar surface area (TPSA) is 46.6 Å². The molecule has 1 aliphatic heterocycles. The van der Waals surface area contributed by atoms with Crippen LogP contribution in [0.15, 0.2) is 60.7 Å². The molecular weight excluding hydrogens is 278 g/mol. The number of ether oxygens (including phenoxy) is 1. The lowest BCUT2D eigenvalue weighted by molar-refractivity contribution is -0.171. The Morgan fingerprint density at radius 2 is 1.55 bits per heavy atom. The molecule has 0 radical (unpaired) electrons. The number of hydrogen-bond donors (Lipinski definition) is 0. The zero-order valence-electron chi connectivity index (χ0n) is 12.3. The molecular formula is C18H17NO3. The van der Waals surface area contributed by atoms with E-state index in [2.05, 4.69) is 0 Å². The molecule has 2 atom stereocenters. The third-order valence-electron chi connectivity index (χ3n) is 3.85. The molecule has 1 heterocycles. The average molecular weight is 295 g/mol. The Morgan fingerprint density at radius 1 is 1.00 bits per heavy atom. The number of rotatable bonds is 2. The van der Waals surface area contributed by atoms with Crippen LogP contribution in [-0.2, 0) is 14.3 Å². The van der Waals surface area contributed by atoms with Crippen LogP contribution in [0.25, 0.3) is 0 Å². The van der Waals surface area contributed by atoms with Crippen molar-refractivity contribution in [3.05, 3.63) is 71.8 Å². The number of morpholine rings is 1. The van der Waals surface area contributed by atoms with E-state index in [1.165, 1.54) is 6.92 Å². The summed E-state index contributed by atoms with van der Waals surface area (Å²) in [6.45, 7) is 1.47. The first-order valence-electron chi connectivity index (χ1n) is 7.23. The van der Waals surface area contributed by atoms with Gasteiger partial charge in [-0.2, -0.15) is 0 Å². The molecule has 4 heteroatoms. The number of amides is 1. The summed E-state index contributed by atoms with van der Waals surface area (Å²) in [6.07, 6.45) is -0.492. The summed E-state index contributed by atoms with van der Waals surface area (Å²) in [5.41, 5.74) is 1.84. The van der Waals surface area contributed by atoms with Crippen molar-refractivity contribution in [3.63, 3.8) is 0 Å². The van der Waals surface area contributed by atoms with Crippen LogP contribution in [-0.4, -0.2) is 23.3 Å². The van der Waals surface area contributed by atoms with E-state index in [0.717, 1.165) is 11.1 Å². The highest BCUT2D eigenvalue weighted by Gasteiger charge is 2.39. The molecule has 0 aliphatic carbocycles. The Bertz CT molecular complexity index is 667. The molecule has 4 nitrogen and oxygen atoms in total. The normalized spacial score (nSPS) is 21.3. The highest BCUT2D eigenvalue weighted by Crippen LogP contribution is 2.39. The minimum absolute atomic E-state index is 0.0156. The fourth-order valence-corrected chi connectivity index (χ4v) is 2.85. The molecule has 1 amide bonds. The van der Waals surface area contributed by atoms with Gasteiger partial charge in [0.1, 0.15) is 6.54 Å². The van der Waals surface area contributed by atoms with Crippen LogP contribution in [0.3, 0.4) is 0 Å². The number of esters is 1. The summed E-state index contributed by atoms with van der Waals surface area (Å²) in [5, 5.41) is 0. The zero-order valence-corrected chi connectivity index (χ0v) is 12.3. The van der Waals surface area contributed by atoms with Crippen LogP contribution in [0.1, 0.15) is 30.2 Å². The van der Waals surface area contributed by atoms with Crippen LogP contribution in [0, 0.1) is 0 Å². The molecule has 1 aliphatic rings. The number of carbonyl (C=O) groups excluding carboxylic acids is 2. The molecule has 0 bridgehead atoms. The van der Waals surface area contributed by atoms with Crippen molar-refractivity contribution in [1.82, 2.24) is 4.90 Å². The first-order chi connectivity index (χ1) is 10.7. The number of benzene rings is 2. The molecule has 1 fully saturated rings. The van der Waals surface area contributed by atoms with Crippen LogP contribution < -0.4 is 0 Å². The quantitative estimate of drug-likeness (QED) is 0.800. The molecule has 0 N–H and O–H groups in total. The molecule has 2 aromatic rings. The van der Waals surface area contributed by atoms with Crippen molar-refractivity contribution in [2.75, 3.05) is 6.54 Å². The first-order valence-corrected chi connectivity index (χ1v) is 7.23. The Balaban J connectivity index is 2.07. The van der Waals surface area contributed by atoms with Crippen molar-refractivity contribution in [1.29, 1.82) is 0 Å². The summed E-state index contributed by atoms with van der Waals surface area (Å²) >= 11 is 0. The van der Waals surface area contributed by atoms with E-state index in [4.69, 9.17) is 4.74 Å². The van der Waals surface area contributed by atoms with Gasteiger partial charge in [-0.05, 0) is 11.1 Å². The van der Waals surface area contributed by atoms with Crippen molar-refractivity contribution in [3.8, 4) is 0 Å². The predicted octanol–water partition coefficient (Wildman–Crippen LogP) is 2.87. The van der Waals surface area contributed by atoms with Gasteiger partial charge < -0.3 is 9.64 Å². The second-order valence-electron chi connectivity index (χ2n) is 5.32. The van der Waals surface area contributed by atoms with Crippen LogP contribution >= 0.6 is 0 Å². The van der Waals surface area contributed by atoms with Gasteiger partial charge >= 0.3 is 5.97 Å². The van der Waals surface area contributed by atoms with E-state index >= 15 is 0 Å². The largest absolute Gasteiger partial charge is 0.454 e. The Morgan fingerprint density at radius 3 is 2.09 bits per heavy atom. The lowest BCUT2D eigenvalue weighted by Gasteiger charge is -2.40. The maximum absolute atomic E-state index is 12.0. The van der Waals surface area contributed by atoms with Gasteiger partial charge in [-0.15, -0.1) is 0 Å². The van der Waals surface area contributed by atoms with E-state index in [1.807, 2.05) is 60.7 Å². The van der Waals surface area contributed by atoms with Crippen LogP contribution in [0.5, 0.6) is 0 Å². The van der Waals surface area contributed by atoms with Crippen molar-refractivity contribution in [2.24, 2.45) is 0 Å². The Hall–Kier alpha value is -2.62. The lowest BCUT2D eigenvalue weighted by atomic mass is 9.93. The van der Waals surface area contributed by atoms with Crippen LogP contribution in [0.2, 0.25) is 0 Å². The van der Waals surface area contributed by atoms with Gasteiger partial charge in [0.2, 0.25) is 5.91 Å². The van der Waals surface area contributed by atoms with Gasteiger partial charge in [0.25, 0.3) is 0 Å². The fraction of sp³-hybridized carbons (Fsp3) is 0.222. The Labute approximate surface area is 129 Å². The summed E-state index contributed by atoms with van der Waals surface area (Å²) in [5.74, 6) is -0.511. The maximum Gasteiger partial charge on any atom is 0.326 e. The SMILES string of the molecule is CC(=O)N1CC(=O)O[C@@H](c2ccccc2)[C@H]1c1ccccc1. The van der Waals surface area contributed by atoms with Gasteiger partial charge in [0.05, 0.1) is 6.04 Å². The summed E-state index contributed by atoms with van der Waals surface area (Å²) in [4.78, 5) is 25.5. The third kappa shape index (κ3) is 2.72. The minimum Gasteiger partial charge on any atom is -0.454 e. The zero-order chi connectivity index (χ0) is 15.5. The van der Waals surface area contributed by atoms with Gasteiger partial charge in [0.15, 0.2) is 6.10 Å². The highest BCUT2D eigenvalue weighted by molar-refractivity contribution is 5.82. The third-order valence-corrected chi connectivity index (χ3v) is 3.85. The minimum atomic E-state index is -0.492. The van der Waals surface area contributed by atoms with Gasteiger partial charge in [-0.1, -0.05) is 60.7 Å². The molecule has 0 unspecified atom stereocenters. The van der Waals surface area contributed by atoms with E-state index in [-0.39, 0.29) is 24.5 Å². The maximum atomic E-state index is 12.0. The van der Waals surface area contributed by atoms with Gasteiger partial charge in [-0.25, -0.2) is 0 Å². The molecule has 3 rings (SSSR count). The number of hydrogen-bond acceptors (Lipinski definition) is 3. The number of cyclic esters (lactones) is 1. The van der Waals surface area contributed by atoms with Gasteiger partial charge in [-0.3, -0.25) is 9.59 Å². The standard InChI is InChI=1S/C18H17NO3/c1-13(20)19-12-16(21)22-18(15-10-6-3-7-11-15)17(19)14-8-4-2-5-9-14/h2-11,17-18H,12H2,1H3/t17-,18+/m1/s1. The molecule has 0 aromatic heterocycles. The number of nitrogens with zero attached hydrogens (tertiary/aromatic N) is 1. The molecule has 2 aromatic carbocycles. The summed E-state index contributed by atoms with van der Waals surface area (Å²) in [7, 11) is 0. The Kier molecular flexibility index (Phi) is 3.92. The smallest absolute Gasteiger partial charge is 0.326 e. The molecule has 1 saturated heterocycles. The van der Waals surface area contributed by atoms with Crippen LogP contribution in [0.4, 0.5) is 0 Å². The predicted molar refractivity (Wildman–Crippen MR) is 81.8 cm³/mol. The fourth-order valence-electron chi connectivity index (χ4n) is 2.85. The highest BCUT2D eigenvalue weighted by atomic mass is 16.5. The first kappa shape index (κ1) is 14.3. The van der Waals surface area contributed by atoms with Crippen molar-refractivity contribution < 1.29 is 14.3 Å². The lowest BCUT2D eigenvalue weighted by Crippen LogP contribution is -2.46. The average Bonchev–Trinajstić information content (AvgIpc) is 2.55. The monoisotopic (exact) mass is 295 g/mol. The molecule has 0 saturated carbocycles. The molecule has 22 heavy (non-hydrogen) atoms. The second-order valence-corrected chi connectivity index (χ2v) is 5.32. The molecule has 112 valence electrons. The van der Waals surface area contributed by atoms with Crippen molar-refractivity contribution >= 4 is 11.9 Å². The van der Waals surface area contributed by atoms with Crippen molar-refractivity contribution in [2.45, 2.75) is 19.1 Å².